The largest absolute Gasteiger partial charge is 0.465 e. The number of amides is 1. The van der Waals surface area contributed by atoms with Crippen LogP contribution in [0.25, 0.3) is 0 Å². The second-order valence-electron chi connectivity index (χ2n) is 10.1. The van der Waals surface area contributed by atoms with Gasteiger partial charge in [0.25, 0.3) is 0 Å². The number of unbranched alkanes of at least 4 members (excludes halogenated alkanes) is 25. The molecule has 0 atom stereocenters. The molecule has 0 aliphatic heterocycles. The minimum absolute atomic E-state index is 0.606. The van der Waals surface area contributed by atoms with Crippen molar-refractivity contribution >= 4 is 6.09 Å². The maximum atomic E-state index is 10.3. The molecule has 0 rings (SSSR count). The SMILES string of the molecule is CCCCCCCCCCCCCCCCCCCCCCCCCCCCNC(=O)O. The molecule has 0 aromatic carbocycles. The Kier molecular flexibility index (Phi) is 27.7. The first kappa shape index (κ1) is 31.3. The van der Waals surface area contributed by atoms with Crippen LogP contribution in [0, 0.1) is 0 Å². The number of hydrogen-bond donors (Lipinski definition) is 2. The zero-order valence-corrected chi connectivity index (χ0v) is 21.9. The predicted octanol–water partition coefficient (Wildman–Crippen LogP) is 10.4. The summed E-state index contributed by atoms with van der Waals surface area (Å²) in [6.07, 6.45) is 35.5. The van der Waals surface area contributed by atoms with E-state index >= 15 is 0 Å². The molecular weight excluding hydrogens is 394 g/mol. The molecule has 0 spiro atoms. The number of rotatable bonds is 27. The first-order chi connectivity index (χ1) is 15.8. The predicted molar refractivity (Wildman–Crippen MR) is 142 cm³/mol. The van der Waals surface area contributed by atoms with Crippen molar-refractivity contribution in [3.8, 4) is 0 Å². The average molecular weight is 454 g/mol. The molecular formula is C29H59NO2. The summed E-state index contributed by atoms with van der Waals surface area (Å²) in [7, 11) is 0. The summed E-state index contributed by atoms with van der Waals surface area (Å²) in [6, 6.07) is 0. The van der Waals surface area contributed by atoms with E-state index in [-0.39, 0.29) is 0 Å². The van der Waals surface area contributed by atoms with E-state index in [1.807, 2.05) is 0 Å². The van der Waals surface area contributed by atoms with Crippen LogP contribution in [0.3, 0.4) is 0 Å². The van der Waals surface area contributed by atoms with Gasteiger partial charge in [0.15, 0.2) is 0 Å². The lowest BCUT2D eigenvalue weighted by Crippen LogP contribution is -2.21. The molecule has 0 bridgehead atoms. The fourth-order valence-electron chi connectivity index (χ4n) is 4.64. The molecule has 0 aliphatic carbocycles. The fraction of sp³-hybridized carbons (Fsp3) is 0.966. The van der Waals surface area contributed by atoms with Crippen LogP contribution in [0.5, 0.6) is 0 Å². The third kappa shape index (κ3) is 29.3. The third-order valence-corrected chi connectivity index (χ3v) is 6.81. The molecule has 0 unspecified atom stereocenters. The minimum Gasteiger partial charge on any atom is -0.465 e. The van der Waals surface area contributed by atoms with Gasteiger partial charge < -0.3 is 10.4 Å². The Morgan fingerprint density at radius 3 is 0.875 bits per heavy atom. The Hall–Kier alpha value is -0.730. The molecule has 0 aliphatic rings. The molecule has 0 fully saturated rings. The topological polar surface area (TPSA) is 49.3 Å². The van der Waals surface area contributed by atoms with Crippen molar-refractivity contribution in [3.63, 3.8) is 0 Å². The van der Waals surface area contributed by atoms with Gasteiger partial charge in [-0.15, -0.1) is 0 Å². The van der Waals surface area contributed by atoms with E-state index in [1.54, 1.807) is 0 Å². The highest BCUT2D eigenvalue weighted by Crippen LogP contribution is 2.15. The van der Waals surface area contributed by atoms with Crippen molar-refractivity contribution in [3.05, 3.63) is 0 Å². The first-order valence-electron chi connectivity index (χ1n) is 14.7. The maximum absolute atomic E-state index is 10.3. The Balaban J connectivity index is 3.00. The number of nitrogens with one attached hydrogen (secondary N) is 1. The quantitative estimate of drug-likeness (QED) is 0.121. The van der Waals surface area contributed by atoms with Gasteiger partial charge in [-0.25, -0.2) is 4.79 Å². The van der Waals surface area contributed by atoms with Crippen molar-refractivity contribution in [2.45, 2.75) is 174 Å². The van der Waals surface area contributed by atoms with Gasteiger partial charge in [0.2, 0.25) is 0 Å². The molecule has 0 radical (unpaired) electrons. The molecule has 0 aromatic rings. The van der Waals surface area contributed by atoms with Gasteiger partial charge in [-0.3, -0.25) is 0 Å². The summed E-state index contributed by atoms with van der Waals surface area (Å²) in [5.74, 6) is 0. The standard InChI is InChI=1S/C29H59NO2/c1-2-3-4-5-6-7-8-9-10-11-12-13-14-15-16-17-18-19-20-21-22-23-24-25-26-27-28-30-29(31)32/h30H,2-28H2,1H3,(H,31,32). The van der Waals surface area contributed by atoms with Crippen LogP contribution in [0.1, 0.15) is 174 Å². The molecule has 192 valence electrons. The molecule has 1 amide bonds. The molecule has 0 saturated heterocycles. The Morgan fingerprint density at radius 1 is 0.438 bits per heavy atom. The summed E-state index contributed by atoms with van der Waals surface area (Å²) >= 11 is 0. The summed E-state index contributed by atoms with van der Waals surface area (Å²) in [4.78, 5) is 10.3. The summed E-state index contributed by atoms with van der Waals surface area (Å²) < 4.78 is 0. The molecule has 0 aromatic heterocycles. The monoisotopic (exact) mass is 453 g/mol. The van der Waals surface area contributed by atoms with E-state index in [9.17, 15) is 4.79 Å². The molecule has 32 heavy (non-hydrogen) atoms. The van der Waals surface area contributed by atoms with E-state index in [1.165, 1.54) is 154 Å². The summed E-state index contributed by atoms with van der Waals surface area (Å²) in [5.41, 5.74) is 0. The van der Waals surface area contributed by atoms with Gasteiger partial charge in [0.1, 0.15) is 0 Å². The van der Waals surface area contributed by atoms with Crippen LogP contribution < -0.4 is 5.32 Å². The van der Waals surface area contributed by atoms with E-state index in [4.69, 9.17) is 5.11 Å². The highest BCUT2D eigenvalue weighted by Gasteiger charge is 1.97. The lowest BCUT2D eigenvalue weighted by Gasteiger charge is -2.04. The van der Waals surface area contributed by atoms with Crippen molar-refractivity contribution < 1.29 is 9.90 Å². The highest BCUT2D eigenvalue weighted by molar-refractivity contribution is 5.64. The van der Waals surface area contributed by atoms with Crippen LogP contribution in [0.15, 0.2) is 0 Å². The smallest absolute Gasteiger partial charge is 0.404 e. The first-order valence-corrected chi connectivity index (χ1v) is 14.7. The normalized spacial score (nSPS) is 11.2. The second kappa shape index (κ2) is 28.3. The zero-order chi connectivity index (χ0) is 23.4. The van der Waals surface area contributed by atoms with Gasteiger partial charge in [-0.05, 0) is 6.42 Å². The number of carbonyl (C=O) groups is 1. The number of hydrogen-bond acceptors (Lipinski definition) is 1. The van der Waals surface area contributed by atoms with Crippen LogP contribution in [-0.2, 0) is 0 Å². The number of carboxylic acid groups (broad SMARTS) is 1. The molecule has 3 nitrogen and oxygen atoms in total. The van der Waals surface area contributed by atoms with Crippen molar-refractivity contribution in [2.75, 3.05) is 6.54 Å². The van der Waals surface area contributed by atoms with E-state index in [0.717, 1.165) is 12.8 Å². The van der Waals surface area contributed by atoms with E-state index in [2.05, 4.69) is 12.2 Å². The average Bonchev–Trinajstić information content (AvgIpc) is 2.78. The fourth-order valence-corrected chi connectivity index (χ4v) is 4.64. The van der Waals surface area contributed by atoms with Gasteiger partial charge in [0.05, 0.1) is 0 Å². The molecule has 3 heteroatoms. The van der Waals surface area contributed by atoms with Gasteiger partial charge in [0, 0.05) is 6.54 Å². The van der Waals surface area contributed by atoms with Gasteiger partial charge in [-0.2, -0.15) is 0 Å². The lowest BCUT2D eigenvalue weighted by atomic mass is 10.0. The van der Waals surface area contributed by atoms with Crippen LogP contribution in [0.2, 0.25) is 0 Å². The maximum Gasteiger partial charge on any atom is 0.404 e. The van der Waals surface area contributed by atoms with Crippen molar-refractivity contribution in [1.29, 1.82) is 0 Å². The van der Waals surface area contributed by atoms with Crippen molar-refractivity contribution in [2.24, 2.45) is 0 Å². The van der Waals surface area contributed by atoms with E-state index < -0.39 is 6.09 Å². The third-order valence-electron chi connectivity index (χ3n) is 6.81. The van der Waals surface area contributed by atoms with E-state index in [0.29, 0.717) is 6.54 Å². The van der Waals surface area contributed by atoms with Crippen molar-refractivity contribution in [1.82, 2.24) is 5.32 Å². The minimum atomic E-state index is -0.899. The zero-order valence-electron chi connectivity index (χ0n) is 21.9. The van der Waals surface area contributed by atoms with Crippen LogP contribution >= 0.6 is 0 Å². The molecule has 0 heterocycles. The Labute approximate surface area is 201 Å². The Morgan fingerprint density at radius 2 is 0.656 bits per heavy atom. The molecule has 2 N–H and O–H groups in total. The van der Waals surface area contributed by atoms with Gasteiger partial charge >= 0.3 is 6.09 Å². The summed E-state index contributed by atoms with van der Waals surface area (Å²) in [6.45, 7) is 2.90. The lowest BCUT2D eigenvalue weighted by molar-refractivity contribution is 0.194. The highest BCUT2D eigenvalue weighted by atomic mass is 16.4. The summed E-state index contributed by atoms with van der Waals surface area (Å²) in [5, 5.41) is 10.9. The Bertz CT molecular complexity index is 359. The molecule has 0 saturated carbocycles. The van der Waals surface area contributed by atoms with Crippen LogP contribution in [0.4, 0.5) is 4.79 Å². The second-order valence-corrected chi connectivity index (χ2v) is 10.1. The van der Waals surface area contributed by atoms with Crippen LogP contribution in [-0.4, -0.2) is 17.7 Å². The van der Waals surface area contributed by atoms with Gasteiger partial charge in [-0.1, -0.05) is 167 Å².